The van der Waals surface area contributed by atoms with Crippen LogP contribution in [0.1, 0.15) is 95.4 Å². The van der Waals surface area contributed by atoms with Crippen LogP contribution in [0.5, 0.6) is 5.75 Å². The van der Waals surface area contributed by atoms with Gasteiger partial charge in [-0.15, -0.1) is 0 Å². The number of Topliss-reactive ketones (excluding diaryl/α,β-unsaturated/α-hetero) is 1. The van der Waals surface area contributed by atoms with Gasteiger partial charge >= 0.3 is 24.2 Å². The number of halogens is 1. The van der Waals surface area contributed by atoms with Crippen LogP contribution in [0.15, 0.2) is 24.3 Å². The number of methoxy groups -OCH3 is 1. The van der Waals surface area contributed by atoms with Crippen LogP contribution >= 0.6 is 11.6 Å². The van der Waals surface area contributed by atoms with E-state index in [9.17, 15) is 29.1 Å². The summed E-state index contributed by atoms with van der Waals surface area (Å²) >= 11 is 6.18. The summed E-state index contributed by atoms with van der Waals surface area (Å²) in [6.07, 6.45) is -8.24. The minimum atomic E-state index is -1.54. The van der Waals surface area contributed by atoms with E-state index in [4.69, 9.17) is 49.5 Å². The van der Waals surface area contributed by atoms with Crippen molar-refractivity contribution in [1.82, 2.24) is 14.7 Å². The zero-order chi connectivity index (χ0) is 47.6. The first-order valence-electron chi connectivity index (χ1n) is 22.5. The molecule has 1 N–H and O–H groups in total. The zero-order valence-corrected chi connectivity index (χ0v) is 40.4. The van der Waals surface area contributed by atoms with Gasteiger partial charge in [0.1, 0.15) is 43.1 Å². The Morgan fingerprint density at radius 1 is 1.05 bits per heavy atom. The van der Waals surface area contributed by atoms with Crippen LogP contribution in [0.2, 0.25) is 5.02 Å². The Balaban J connectivity index is 1.61. The molecule has 0 radical (unpaired) electrons. The van der Waals surface area contributed by atoms with E-state index in [1.165, 1.54) is 12.0 Å². The first kappa shape index (κ1) is 51.2. The minimum Gasteiger partial charge on any atom is -0.492 e. The number of ketones is 1. The normalized spacial score (nSPS) is 37.8. The number of imide groups is 1. The second kappa shape index (κ2) is 20.8. The lowest BCUT2D eigenvalue weighted by Gasteiger charge is -2.49. The number of benzene rings is 1. The molecule has 4 aliphatic rings. The maximum atomic E-state index is 14.9. The number of carbonyl (C=O) groups is 5. The number of aliphatic hydroxyl groups excluding tert-OH is 1. The number of cyclic esters (lactones) is 2. The van der Waals surface area contributed by atoms with Gasteiger partial charge in [0, 0.05) is 42.0 Å². The van der Waals surface area contributed by atoms with Crippen molar-refractivity contribution in [2.45, 2.75) is 168 Å². The molecule has 0 spiro atoms. The predicted molar refractivity (Wildman–Crippen MR) is 234 cm³/mol. The van der Waals surface area contributed by atoms with Gasteiger partial charge in [0.25, 0.3) is 0 Å². The van der Waals surface area contributed by atoms with Crippen molar-refractivity contribution >= 4 is 41.6 Å². The lowest BCUT2D eigenvalue weighted by molar-refractivity contribution is -0.302. The number of nitrogens with zero attached hydrogens (tertiary/aromatic N) is 3. The molecule has 17 nitrogen and oxygen atoms in total. The second-order valence-corrected chi connectivity index (χ2v) is 19.3. The van der Waals surface area contributed by atoms with Crippen LogP contribution in [0.25, 0.3) is 0 Å². The number of rotatable bonds is 11. The monoisotopic (exact) mass is 923 g/mol. The zero-order valence-electron chi connectivity index (χ0n) is 39.6. The SMILES string of the molecule is CC[C@@H]1OC(=O)[C@H](C)[C@@H](OC(=O)N2C(=O)OC[C@H]2C)[C@H](C)[C@@H](O[C@@H]2O[C@H](C)C[C@H](N(C)C(C)C)[C@H]2O)[C@@](C)(OC)C[C@@H](C)C(=O)[C@@H](C)[C@H]2N(CCOc3cccc(Cl)c3)C(=O)O[C@]12C. The Bertz CT molecular complexity index is 1840. The largest absolute Gasteiger partial charge is 0.492 e. The number of amides is 3. The van der Waals surface area contributed by atoms with Crippen molar-refractivity contribution in [2.24, 2.45) is 23.7 Å². The van der Waals surface area contributed by atoms with E-state index < -0.39 is 102 Å². The average molecular weight is 925 g/mol. The van der Waals surface area contributed by atoms with Gasteiger partial charge in [-0.05, 0) is 93.0 Å². The molecule has 15 atom stereocenters. The van der Waals surface area contributed by atoms with E-state index in [2.05, 4.69) is 4.90 Å². The van der Waals surface area contributed by atoms with Crippen molar-refractivity contribution < 1.29 is 67.0 Å². The predicted octanol–water partition coefficient (Wildman–Crippen LogP) is 6.48. The van der Waals surface area contributed by atoms with E-state index >= 15 is 0 Å². The van der Waals surface area contributed by atoms with E-state index in [1.54, 1.807) is 79.7 Å². The first-order chi connectivity index (χ1) is 30.0. The van der Waals surface area contributed by atoms with Crippen LogP contribution in [-0.4, -0.2) is 156 Å². The van der Waals surface area contributed by atoms with Gasteiger partial charge in [0.2, 0.25) is 0 Å². The van der Waals surface area contributed by atoms with Crippen LogP contribution in [0, 0.1) is 23.7 Å². The summed E-state index contributed by atoms with van der Waals surface area (Å²) in [5.74, 6) is -4.35. The molecule has 64 heavy (non-hydrogen) atoms. The Kier molecular flexibility index (Phi) is 16.7. The summed E-state index contributed by atoms with van der Waals surface area (Å²) in [6.45, 7) is 19.5. The molecule has 4 aliphatic heterocycles. The van der Waals surface area contributed by atoms with E-state index in [0.717, 1.165) is 4.90 Å². The van der Waals surface area contributed by atoms with Gasteiger partial charge in [-0.25, -0.2) is 19.3 Å². The molecular weight excluding hydrogens is 854 g/mol. The third-order valence-corrected chi connectivity index (χ3v) is 14.2. The van der Waals surface area contributed by atoms with Crippen LogP contribution in [0.3, 0.4) is 0 Å². The highest BCUT2D eigenvalue weighted by Gasteiger charge is 2.61. The summed E-state index contributed by atoms with van der Waals surface area (Å²) in [7, 11) is 3.39. The summed E-state index contributed by atoms with van der Waals surface area (Å²) in [5.41, 5.74) is -2.93. The third-order valence-electron chi connectivity index (χ3n) is 13.9. The van der Waals surface area contributed by atoms with Gasteiger partial charge in [0.05, 0.1) is 42.4 Å². The van der Waals surface area contributed by atoms with Crippen molar-refractivity contribution in [1.29, 1.82) is 0 Å². The Morgan fingerprint density at radius 2 is 1.73 bits per heavy atom. The smallest absolute Gasteiger partial charge is 0.419 e. The summed E-state index contributed by atoms with van der Waals surface area (Å²) in [4.78, 5) is 74.7. The van der Waals surface area contributed by atoms with Crippen molar-refractivity contribution in [3.63, 3.8) is 0 Å². The molecule has 4 heterocycles. The van der Waals surface area contributed by atoms with Crippen LogP contribution < -0.4 is 4.74 Å². The number of hydrogen-bond acceptors (Lipinski definition) is 15. The summed E-state index contributed by atoms with van der Waals surface area (Å²) in [6, 6.07) is 4.94. The van der Waals surface area contributed by atoms with Crippen molar-refractivity contribution in [2.75, 3.05) is 33.9 Å². The Labute approximate surface area is 382 Å². The number of ether oxygens (including phenoxy) is 8. The number of fused-ring (bicyclic) bond motifs is 1. The van der Waals surface area contributed by atoms with Crippen LogP contribution in [-0.2, 0) is 42.7 Å². The van der Waals surface area contributed by atoms with Gasteiger partial charge in [-0.2, -0.15) is 0 Å². The molecule has 1 aromatic rings. The average Bonchev–Trinajstić information content (AvgIpc) is 3.72. The summed E-state index contributed by atoms with van der Waals surface area (Å²) in [5, 5.41) is 12.4. The maximum Gasteiger partial charge on any atom is 0.419 e. The summed E-state index contributed by atoms with van der Waals surface area (Å²) < 4.78 is 49.3. The molecule has 1 aromatic carbocycles. The van der Waals surface area contributed by atoms with E-state index in [-0.39, 0.29) is 56.6 Å². The molecule has 4 fully saturated rings. The van der Waals surface area contributed by atoms with E-state index in [1.807, 2.05) is 27.8 Å². The topological polar surface area (TPSA) is 189 Å². The van der Waals surface area contributed by atoms with Gasteiger partial charge in [0.15, 0.2) is 11.9 Å². The highest BCUT2D eigenvalue weighted by Crippen LogP contribution is 2.44. The van der Waals surface area contributed by atoms with Gasteiger partial charge in [-0.1, -0.05) is 45.4 Å². The number of carbonyl (C=O) groups excluding carboxylic acids is 5. The standard InChI is InChI=1S/C46H70ClN3O14/c1-14-34-46(11)38(49(42(54)64-46)18-19-58-32-17-15-16-31(47)21-32)28(7)35(51)25(4)22-45(10,57-13)39(63-41-36(52)33(20-27(6)60-41)48(12)24(2)3)29(8)37(30(9)40(53)61-34)62-44(56)50-26(5)23-59-43(50)55/h15-17,21,24-30,33-34,36-39,41,52H,14,18-20,22-23H2,1-13H3/t25-,26-,27-,28-,29+,30-,33+,34+,36-,37+,38-,39-,41+,45+,46-/m1/s1. The highest BCUT2D eigenvalue weighted by atomic mass is 35.5. The highest BCUT2D eigenvalue weighted by molar-refractivity contribution is 6.30. The van der Waals surface area contributed by atoms with Gasteiger partial charge < -0.3 is 43.0 Å². The van der Waals surface area contributed by atoms with Crippen molar-refractivity contribution in [3.05, 3.63) is 29.3 Å². The molecule has 360 valence electrons. The Morgan fingerprint density at radius 3 is 2.33 bits per heavy atom. The molecule has 18 heteroatoms. The third kappa shape index (κ3) is 10.6. The fourth-order valence-corrected chi connectivity index (χ4v) is 10.3. The lowest BCUT2D eigenvalue weighted by atomic mass is 9.73. The van der Waals surface area contributed by atoms with Gasteiger partial charge in [-0.3, -0.25) is 19.4 Å². The molecule has 0 saturated carbocycles. The number of likely N-dealkylation sites (N-methyl/N-ethyl adjacent to an activating group) is 1. The first-order valence-corrected chi connectivity index (χ1v) is 22.9. The van der Waals surface area contributed by atoms with Crippen LogP contribution in [0.4, 0.5) is 14.4 Å². The molecule has 0 aliphatic carbocycles. The fraction of sp³-hybridized carbons (Fsp3) is 0.761. The molecule has 0 bridgehead atoms. The minimum absolute atomic E-state index is 0.0200. The molecule has 4 saturated heterocycles. The quantitative estimate of drug-likeness (QED) is 0.188. The molecule has 0 aromatic heterocycles. The molecule has 5 rings (SSSR count). The fourth-order valence-electron chi connectivity index (χ4n) is 10.1. The lowest BCUT2D eigenvalue weighted by Crippen LogP contribution is -2.61. The second-order valence-electron chi connectivity index (χ2n) is 18.9. The molecular formula is C46H70ClN3O14. The number of esters is 1. The van der Waals surface area contributed by atoms with Crippen molar-refractivity contribution in [3.8, 4) is 5.75 Å². The van der Waals surface area contributed by atoms with E-state index in [0.29, 0.717) is 17.2 Å². The molecule has 0 unspecified atom stereocenters. The molecule has 3 amide bonds. The Hall–Kier alpha value is -3.74. The number of aliphatic hydroxyl groups is 1. The number of hydrogen-bond donors (Lipinski definition) is 1. The maximum absolute atomic E-state index is 14.9.